The SMILES string of the molecule is C1CCCCC1.C1CCOCC1.C1COCOC1.Cc1ccc(F)cc1F.Fc1cccc(F)c1.Fc1ccccc1.Fc1ccccc1.c1ccccc1. The van der Waals surface area contributed by atoms with E-state index in [9.17, 15) is 26.3 Å². The largest absolute Gasteiger partial charge is 0.381 e. The molecule has 0 bridgehead atoms. The highest BCUT2D eigenvalue weighted by atomic mass is 19.2. The van der Waals surface area contributed by atoms with Crippen molar-refractivity contribution in [2.45, 2.75) is 71.1 Å². The van der Waals surface area contributed by atoms with Crippen molar-refractivity contribution in [1.29, 1.82) is 0 Å². The highest BCUT2D eigenvalue weighted by molar-refractivity contribution is 5.16. The van der Waals surface area contributed by atoms with Crippen LogP contribution in [0.4, 0.5) is 26.3 Å². The summed E-state index contributed by atoms with van der Waals surface area (Å²) in [6.07, 6.45) is 14.0. The Labute approximate surface area is 324 Å². The molecule has 3 aliphatic rings. The highest BCUT2D eigenvalue weighted by Gasteiger charge is 1.97. The molecule has 1 saturated carbocycles. The molecule has 0 unspecified atom stereocenters. The van der Waals surface area contributed by atoms with Crippen molar-refractivity contribution in [1.82, 2.24) is 0 Å². The van der Waals surface area contributed by atoms with Crippen LogP contribution in [0.1, 0.15) is 69.8 Å². The molecular formula is C46H56F6O3. The summed E-state index contributed by atoms with van der Waals surface area (Å²) in [5, 5.41) is 0. The average molecular weight is 771 g/mol. The minimum absolute atomic E-state index is 0.178. The van der Waals surface area contributed by atoms with Crippen molar-refractivity contribution >= 4 is 0 Å². The molecule has 55 heavy (non-hydrogen) atoms. The van der Waals surface area contributed by atoms with E-state index in [1.165, 1.54) is 112 Å². The molecule has 0 spiro atoms. The summed E-state index contributed by atoms with van der Waals surface area (Å²) in [7, 11) is 0. The van der Waals surface area contributed by atoms with Gasteiger partial charge in [0.2, 0.25) is 0 Å². The van der Waals surface area contributed by atoms with Gasteiger partial charge in [-0.2, -0.15) is 0 Å². The van der Waals surface area contributed by atoms with Crippen LogP contribution in [-0.4, -0.2) is 33.2 Å². The number of hydrogen-bond acceptors (Lipinski definition) is 3. The lowest BCUT2D eigenvalue weighted by atomic mass is 10.0. The maximum Gasteiger partial charge on any atom is 0.146 e. The molecule has 0 aromatic heterocycles. The van der Waals surface area contributed by atoms with Crippen molar-refractivity contribution in [3.63, 3.8) is 0 Å². The molecule has 8 rings (SSSR count). The Kier molecular flexibility index (Phi) is 31.2. The van der Waals surface area contributed by atoms with E-state index in [1.54, 1.807) is 43.3 Å². The Morgan fingerprint density at radius 1 is 0.327 bits per heavy atom. The van der Waals surface area contributed by atoms with Crippen LogP contribution in [-0.2, 0) is 14.2 Å². The monoisotopic (exact) mass is 770 g/mol. The Balaban J connectivity index is 0.000000316. The van der Waals surface area contributed by atoms with Crippen LogP contribution in [0.15, 0.2) is 140 Å². The summed E-state index contributed by atoms with van der Waals surface area (Å²) >= 11 is 0. The van der Waals surface area contributed by atoms with E-state index in [-0.39, 0.29) is 11.6 Å². The zero-order valence-corrected chi connectivity index (χ0v) is 31.9. The van der Waals surface area contributed by atoms with Crippen LogP contribution in [0.3, 0.4) is 0 Å². The van der Waals surface area contributed by atoms with Gasteiger partial charge >= 0.3 is 0 Å². The molecule has 5 aromatic rings. The Bertz CT molecular complexity index is 1390. The average Bonchev–Trinajstić information content (AvgIpc) is 3.24. The Hall–Kier alpha value is -4.44. The zero-order chi connectivity index (χ0) is 40.0. The Morgan fingerprint density at radius 3 is 0.891 bits per heavy atom. The van der Waals surface area contributed by atoms with Gasteiger partial charge in [-0.15, -0.1) is 0 Å². The molecule has 3 fully saturated rings. The second-order valence-electron chi connectivity index (χ2n) is 12.2. The Morgan fingerprint density at radius 2 is 0.673 bits per heavy atom. The summed E-state index contributed by atoms with van der Waals surface area (Å²) < 4.78 is 86.9. The molecule has 2 aliphatic heterocycles. The van der Waals surface area contributed by atoms with Gasteiger partial charge in [-0.3, -0.25) is 0 Å². The van der Waals surface area contributed by atoms with Crippen LogP contribution in [0, 0.1) is 41.8 Å². The number of hydrogen-bond donors (Lipinski definition) is 0. The van der Waals surface area contributed by atoms with Gasteiger partial charge in [0, 0.05) is 25.3 Å². The third-order valence-corrected chi connectivity index (χ3v) is 7.37. The van der Waals surface area contributed by atoms with Crippen LogP contribution in [0.2, 0.25) is 0 Å². The molecule has 0 amide bonds. The first kappa shape index (κ1) is 48.6. The zero-order valence-electron chi connectivity index (χ0n) is 31.9. The molecule has 0 atom stereocenters. The van der Waals surface area contributed by atoms with Crippen LogP contribution >= 0.6 is 0 Å². The standard InChI is InChI=1S/C7H6F2.C6H4F2.2C6H5F.C6H12.C6H6.C5H10O.C4H8O2/c1-5-2-3-6(8)4-7(5)9;7-5-2-1-3-6(8)4-5;2*7-6-4-2-1-3-5-6;3*1-2-4-6-5-3-1;1-2-5-4-6-3-1/h2-4H,1H3;1-4H;2*1-5H;1-6H2;1-6H;1-5H2;1-4H2. The van der Waals surface area contributed by atoms with E-state index >= 15 is 0 Å². The molecule has 300 valence electrons. The lowest BCUT2D eigenvalue weighted by Crippen LogP contribution is -2.11. The van der Waals surface area contributed by atoms with Crippen molar-refractivity contribution in [2.24, 2.45) is 0 Å². The van der Waals surface area contributed by atoms with Crippen molar-refractivity contribution in [2.75, 3.05) is 33.2 Å². The second-order valence-corrected chi connectivity index (χ2v) is 12.2. The van der Waals surface area contributed by atoms with Crippen molar-refractivity contribution in [3.05, 3.63) is 180 Å². The fourth-order valence-corrected chi connectivity index (χ4v) is 4.43. The molecule has 3 nitrogen and oxygen atoms in total. The van der Waals surface area contributed by atoms with Gasteiger partial charge in [-0.05, 0) is 80.6 Å². The van der Waals surface area contributed by atoms with E-state index in [4.69, 9.17) is 14.2 Å². The fourth-order valence-electron chi connectivity index (χ4n) is 4.43. The lowest BCUT2D eigenvalue weighted by Gasteiger charge is -2.09. The minimum atomic E-state index is -0.537. The van der Waals surface area contributed by atoms with Gasteiger partial charge < -0.3 is 14.2 Å². The smallest absolute Gasteiger partial charge is 0.146 e. The number of rotatable bonds is 0. The van der Waals surface area contributed by atoms with E-state index in [2.05, 4.69) is 0 Å². The van der Waals surface area contributed by atoms with E-state index < -0.39 is 23.3 Å². The molecule has 1 aliphatic carbocycles. The number of benzene rings is 5. The lowest BCUT2D eigenvalue weighted by molar-refractivity contribution is -0.0963. The van der Waals surface area contributed by atoms with E-state index in [0.29, 0.717) is 12.4 Å². The summed E-state index contributed by atoms with van der Waals surface area (Å²) in [5.74, 6) is -2.45. The topological polar surface area (TPSA) is 27.7 Å². The number of halogens is 6. The first-order chi connectivity index (χ1) is 26.8. The van der Waals surface area contributed by atoms with Crippen LogP contribution < -0.4 is 0 Å². The molecule has 0 N–H and O–H groups in total. The summed E-state index contributed by atoms with van der Waals surface area (Å²) in [6, 6.07) is 35.9. The normalized spacial score (nSPS) is 13.9. The maximum atomic E-state index is 12.3. The van der Waals surface area contributed by atoms with Crippen LogP contribution in [0.25, 0.3) is 0 Å². The highest BCUT2D eigenvalue weighted by Crippen LogP contribution is 2.15. The molecule has 5 aromatic carbocycles. The quantitative estimate of drug-likeness (QED) is 0.147. The second kappa shape index (κ2) is 35.3. The third kappa shape index (κ3) is 32.7. The van der Waals surface area contributed by atoms with Crippen molar-refractivity contribution < 1.29 is 40.6 Å². The summed E-state index contributed by atoms with van der Waals surface area (Å²) in [4.78, 5) is 0. The third-order valence-electron chi connectivity index (χ3n) is 7.37. The fraction of sp³-hybridized carbons (Fsp3) is 0.348. The maximum absolute atomic E-state index is 12.3. The van der Waals surface area contributed by atoms with E-state index in [1.807, 2.05) is 36.4 Å². The van der Waals surface area contributed by atoms with Gasteiger partial charge in [0.25, 0.3) is 0 Å². The van der Waals surface area contributed by atoms with Gasteiger partial charge in [0.05, 0.1) is 13.2 Å². The molecular weight excluding hydrogens is 714 g/mol. The number of aryl methyl sites for hydroxylation is 1. The van der Waals surface area contributed by atoms with Gasteiger partial charge in [-0.1, -0.05) is 123 Å². The summed E-state index contributed by atoms with van der Waals surface area (Å²) in [5.41, 5.74) is 0.469. The molecule has 2 saturated heterocycles. The van der Waals surface area contributed by atoms with E-state index in [0.717, 1.165) is 45.0 Å². The molecule has 9 heteroatoms. The van der Waals surface area contributed by atoms with Crippen molar-refractivity contribution in [3.8, 4) is 0 Å². The molecule has 2 heterocycles. The van der Waals surface area contributed by atoms with Crippen LogP contribution in [0.5, 0.6) is 0 Å². The van der Waals surface area contributed by atoms with Gasteiger partial charge in [0.1, 0.15) is 41.7 Å². The van der Waals surface area contributed by atoms with Gasteiger partial charge in [0.15, 0.2) is 0 Å². The predicted octanol–water partition coefficient (Wildman–Crippen LogP) is 13.5. The molecule has 0 radical (unpaired) electrons. The predicted molar refractivity (Wildman–Crippen MR) is 210 cm³/mol. The first-order valence-corrected chi connectivity index (χ1v) is 18.7. The summed E-state index contributed by atoms with van der Waals surface area (Å²) in [6.45, 7) is 5.84. The van der Waals surface area contributed by atoms with Gasteiger partial charge in [-0.25, -0.2) is 26.3 Å². The minimum Gasteiger partial charge on any atom is -0.381 e. The first-order valence-electron chi connectivity index (χ1n) is 18.7. The number of ether oxygens (including phenoxy) is 3.